The topological polar surface area (TPSA) is 36.3 Å². The predicted molar refractivity (Wildman–Crippen MR) is 84.9 cm³/mol. The lowest BCUT2D eigenvalue weighted by molar-refractivity contribution is -0.148. The van der Waals surface area contributed by atoms with E-state index in [9.17, 15) is 18.4 Å². The van der Waals surface area contributed by atoms with Gasteiger partial charge >= 0.3 is 6.18 Å². The number of hydrogen-bond donors (Lipinski definition) is 0. The maximum atomic E-state index is 13.5. The van der Waals surface area contributed by atoms with Crippen LogP contribution in [0.4, 0.5) is 13.2 Å². The Labute approximate surface area is 145 Å². The lowest BCUT2D eigenvalue weighted by Gasteiger charge is -2.27. The lowest BCUT2D eigenvalue weighted by atomic mass is 9.99. The number of hydrogen-bond acceptors (Lipinski definition) is 3. The molecule has 0 saturated heterocycles. The van der Waals surface area contributed by atoms with E-state index in [0.29, 0.717) is 17.2 Å². The molecule has 0 aromatic heterocycles. The number of alkyl halides is 4. The van der Waals surface area contributed by atoms with Crippen molar-refractivity contribution < 1.29 is 17.9 Å². The average Bonchev–Trinajstić information content (AvgIpc) is 2.79. The van der Waals surface area contributed by atoms with Crippen molar-refractivity contribution in [2.75, 3.05) is 19.9 Å². The molecule has 2 rings (SSSR count). The van der Waals surface area contributed by atoms with E-state index in [1.54, 1.807) is 37.3 Å². The van der Waals surface area contributed by atoms with Crippen LogP contribution in [-0.2, 0) is 4.74 Å². The molecule has 8 heteroatoms. The molecule has 23 heavy (non-hydrogen) atoms. The highest BCUT2D eigenvalue weighted by molar-refractivity contribution is 9.10. The molecule has 124 valence electrons. The van der Waals surface area contributed by atoms with E-state index in [4.69, 9.17) is 16.3 Å². The highest BCUT2D eigenvalue weighted by Crippen LogP contribution is 2.51. The monoisotopic (exact) mass is 408 g/mol. The van der Waals surface area contributed by atoms with Crippen LogP contribution in [-0.4, -0.2) is 35.3 Å². The molecule has 0 fully saturated rings. The van der Waals surface area contributed by atoms with Crippen LogP contribution in [0.25, 0.3) is 5.70 Å². The smallest absolute Gasteiger partial charge is 0.361 e. The Morgan fingerprint density at radius 3 is 2.48 bits per heavy atom. The molecule has 1 aromatic carbocycles. The van der Waals surface area contributed by atoms with Gasteiger partial charge in [-0.1, -0.05) is 39.7 Å². The van der Waals surface area contributed by atoms with Crippen molar-refractivity contribution in [2.45, 2.75) is 17.4 Å². The van der Waals surface area contributed by atoms with Crippen molar-refractivity contribution in [3.63, 3.8) is 0 Å². The van der Waals surface area contributed by atoms with Crippen LogP contribution in [0.15, 0.2) is 29.8 Å². The Bertz CT molecular complexity index is 654. The Kier molecular flexibility index (Phi) is 5.29. The van der Waals surface area contributed by atoms with Gasteiger partial charge in [0.1, 0.15) is 6.73 Å². The normalized spacial score (nSPS) is 21.7. The van der Waals surface area contributed by atoms with Crippen LogP contribution in [0.2, 0.25) is 5.02 Å². The molecule has 1 unspecified atom stereocenters. The Morgan fingerprint density at radius 1 is 1.39 bits per heavy atom. The van der Waals surface area contributed by atoms with E-state index in [0.717, 1.165) is 0 Å². The number of nitriles is 1. The average molecular weight is 410 g/mol. The summed E-state index contributed by atoms with van der Waals surface area (Å²) in [6, 6.07) is 8.02. The molecule has 1 heterocycles. The van der Waals surface area contributed by atoms with Crippen molar-refractivity contribution >= 4 is 33.2 Å². The predicted octanol–water partition coefficient (Wildman–Crippen LogP) is 4.58. The molecule has 1 atom stereocenters. The quantitative estimate of drug-likeness (QED) is 0.683. The highest BCUT2D eigenvalue weighted by atomic mass is 79.9. The van der Waals surface area contributed by atoms with Gasteiger partial charge in [0.15, 0.2) is 4.32 Å². The van der Waals surface area contributed by atoms with Gasteiger partial charge in [-0.15, -0.1) is 0 Å². The molecule has 0 spiro atoms. The first-order valence-corrected chi connectivity index (χ1v) is 7.90. The first-order chi connectivity index (χ1) is 10.7. The highest BCUT2D eigenvalue weighted by Gasteiger charge is 2.61. The lowest BCUT2D eigenvalue weighted by Crippen LogP contribution is -2.44. The van der Waals surface area contributed by atoms with Gasteiger partial charge in [-0.05, 0) is 24.6 Å². The second kappa shape index (κ2) is 6.71. The summed E-state index contributed by atoms with van der Waals surface area (Å²) in [6.07, 6.45) is -4.61. The fourth-order valence-corrected chi connectivity index (χ4v) is 3.09. The molecule has 1 aliphatic heterocycles. The van der Waals surface area contributed by atoms with Crippen molar-refractivity contribution in [2.24, 2.45) is 0 Å². The fraction of sp³-hybridized carbons (Fsp3) is 0.400. The van der Waals surface area contributed by atoms with E-state index in [1.807, 2.05) is 0 Å². The molecule has 0 aliphatic carbocycles. The van der Waals surface area contributed by atoms with Crippen LogP contribution >= 0.6 is 27.5 Å². The van der Waals surface area contributed by atoms with Gasteiger partial charge in [-0.3, -0.25) is 0 Å². The Morgan fingerprint density at radius 2 is 2.00 bits per heavy atom. The van der Waals surface area contributed by atoms with Gasteiger partial charge in [0.05, 0.1) is 17.3 Å². The molecule has 1 aliphatic rings. The van der Waals surface area contributed by atoms with Crippen LogP contribution in [0.1, 0.15) is 12.5 Å². The third-order valence-corrected chi connectivity index (χ3v) is 4.84. The van der Waals surface area contributed by atoms with Gasteiger partial charge in [0, 0.05) is 18.2 Å². The molecule has 0 amide bonds. The van der Waals surface area contributed by atoms with Gasteiger partial charge in [-0.2, -0.15) is 18.4 Å². The zero-order chi connectivity index (χ0) is 17.3. The van der Waals surface area contributed by atoms with Crippen LogP contribution in [0, 0.1) is 11.3 Å². The molecule has 3 nitrogen and oxygen atoms in total. The second-order valence-corrected chi connectivity index (χ2v) is 6.75. The third kappa shape index (κ3) is 3.35. The molecule has 0 saturated carbocycles. The molecule has 0 N–H and O–H groups in total. The largest absolute Gasteiger partial charge is 0.410 e. The van der Waals surface area contributed by atoms with Gasteiger partial charge < -0.3 is 9.64 Å². The molecular formula is C15H13BrClF3N2O. The minimum Gasteiger partial charge on any atom is -0.361 e. The number of halogens is 5. The van der Waals surface area contributed by atoms with Crippen molar-refractivity contribution in [1.29, 1.82) is 5.26 Å². The van der Waals surface area contributed by atoms with Crippen molar-refractivity contribution in [3.05, 3.63) is 40.4 Å². The van der Waals surface area contributed by atoms with Crippen molar-refractivity contribution in [1.82, 2.24) is 4.90 Å². The zero-order valence-corrected chi connectivity index (χ0v) is 14.5. The minimum atomic E-state index is -4.61. The standard InChI is InChI=1S/C15H13BrClF3N2O/c1-2-23-9-22-8-14(16,15(18,19)20)12(7-21)13(22)10-3-5-11(17)6-4-10/h3-6H,2,8-9H2,1H3. The minimum absolute atomic E-state index is 0.0386. The first-order valence-electron chi connectivity index (χ1n) is 6.73. The molecule has 1 aromatic rings. The number of rotatable bonds is 4. The summed E-state index contributed by atoms with van der Waals surface area (Å²) >= 11 is 8.58. The maximum absolute atomic E-state index is 13.5. The second-order valence-electron chi connectivity index (χ2n) is 4.96. The Hall–Kier alpha value is -1.23. The van der Waals surface area contributed by atoms with E-state index >= 15 is 0 Å². The number of benzene rings is 1. The van der Waals surface area contributed by atoms with E-state index in [2.05, 4.69) is 15.9 Å². The summed E-state index contributed by atoms with van der Waals surface area (Å²) in [7, 11) is 0. The summed E-state index contributed by atoms with van der Waals surface area (Å²) in [5.74, 6) is 0. The summed E-state index contributed by atoms with van der Waals surface area (Å²) in [4.78, 5) is 1.41. The van der Waals surface area contributed by atoms with Crippen molar-refractivity contribution in [3.8, 4) is 6.07 Å². The van der Waals surface area contributed by atoms with Crippen LogP contribution in [0.3, 0.4) is 0 Å². The number of ether oxygens (including phenoxy) is 1. The van der Waals surface area contributed by atoms with Gasteiger partial charge in [0.2, 0.25) is 0 Å². The fourth-order valence-electron chi connectivity index (χ4n) is 2.39. The third-order valence-electron chi connectivity index (χ3n) is 3.49. The summed E-state index contributed by atoms with van der Waals surface area (Å²) < 4.78 is 43.4. The summed E-state index contributed by atoms with van der Waals surface area (Å²) in [6.45, 7) is 1.63. The zero-order valence-electron chi connectivity index (χ0n) is 12.1. The van der Waals surface area contributed by atoms with E-state index in [-0.39, 0.29) is 18.0 Å². The first kappa shape index (κ1) is 18.1. The van der Waals surface area contributed by atoms with Crippen LogP contribution in [0.5, 0.6) is 0 Å². The summed E-state index contributed by atoms with van der Waals surface area (Å²) in [5, 5.41) is 9.82. The number of nitrogens with zero attached hydrogens (tertiary/aromatic N) is 2. The molecular weight excluding hydrogens is 397 g/mol. The van der Waals surface area contributed by atoms with Crippen LogP contribution < -0.4 is 0 Å². The molecule has 0 radical (unpaired) electrons. The SMILES string of the molecule is CCOCN1CC(Br)(C(F)(F)F)C(C#N)=C1c1ccc(Cl)cc1. The van der Waals surface area contributed by atoms with E-state index in [1.165, 1.54) is 4.90 Å². The summed E-state index contributed by atoms with van der Waals surface area (Å²) in [5.41, 5.74) is 0.301. The van der Waals surface area contributed by atoms with Gasteiger partial charge in [-0.25, -0.2) is 0 Å². The molecule has 0 bridgehead atoms. The van der Waals surface area contributed by atoms with E-state index < -0.39 is 17.0 Å². The Balaban J connectivity index is 2.58. The maximum Gasteiger partial charge on any atom is 0.410 e. The van der Waals surface area contributed by atoms with Gasteiger partial charge in [0.25, 0.3) is 0 Å².